The van der Waals surface area contributed by atoms with Crippen molar-refractivity contribution in [3.8, 4) is 6.07 Å². The molecule has 1 aromatic heterocycles. The Morgan fingerprint density at radius 3 is 2.76 bits per heavy atom. The Morgan fingerprint density at radius 1 is 1.38 bits per heavy atom. The Kier molecular flexibility index (Phi) is 4.53. The van der Waals surface area contributed by atoms with Gasteiger partial charge < -0.3 is 10.0 Å². The van der Waals surface area contributed by atoms with Crippen molar-refractivity contribution in [3.63, 3.8) is 0 Å². The zero-order chi connectivity index (χ0) is 15.4. The van der Waals surface area contributed by atoms with Crippen LogP contribution in [0.3, 0.4) is 0 Å². The van der Waals surface area contributed by atoms with Crippen molar-refractivity contribution in [2.75, 3.05) is 6.54 Å². The molecule has 6 heteroatoms. The van der Waals surface area contributed by atoms with Gasteiger partial charge in [0.1, 0.15) is 17.8 Å². The molecule has 110 valence electrons. The van der Waals surface area contributed by atoms with Gasteiger partial charge in [-0.3, -0.25) is 4.79 Å². The fourth-order valence-electron chi connectivity index (χ4n) is 2.55. The molecule has 0 radical (unpaired) electrons. The summed E-state index contributed by atoms with van der Waals surface area (Å²) in [7, 11) is 0. The Bertz CT molecular complexity index is 607. The summed E-state index contributed by atoms with van der Waals surface area (Å²) in [6.45, 7) is 2.09. The molecule has 21 heavy (non-hydrogen) atoms. The first-order valence-electron chi connectivity index (χ1n) is 6.96. The van der Waals surface area contributed by atoms with E-state index >= 15 is 0 Å². The Labute approximate surface area is 123 Å². The first-order valence-corrected chi connectivity index (χ1v) is 6.96. The van der Waals surface area contributed by atoms with Crippen LogP contribution in [0.1, 0.15) is 47.4 Å². The third-order valence-corrected chi connectivity index (χ3v) is 3.72. The lowest BCUT2D eigenvalue weighted by Gasteiger charge is -2.26. The summed E-state index contributed by atoms with van der Waals surface area (Å²) < 4.78 is 0. The van der Waals surface area contributed by atoms with Crippen LogP contribution in [0.2, 0.25) is 0 Å². The van der Waals surface area contributed by atoms with E-state index in [0.717, 1.165) is 19.3 Å². The largest absolute Gasteiger partial charge is 0.480 e. The second kappa shape index (κ2) is 6.35. The van der Waals surface area contributed by atoms with Gasteiger partial charge >= 0.3 is 5.97 Å². The van der Waals surface area contributed by atoms with Crippen molar-refractivity contribution in [1.82, 2.24) is 9.88 Å². The number of likely N-dealkylation sites (tertiary alicyclic amines) is 1. The van der Waals surface area contributed by atoms with Crippen molar-refractivity contribution in [1.29, 1.82) is 5.26 Å². The van der Waals surface area contributed by atoms with Crippen molar-refractivity contribution < 1.29 is 14.7 Å². The van der Waals surface area contributed by atoms with E-state index in [1.54, 1.807) is 13.0 Å². The molecule has 0 spiro atoms. The molecule has 6 nitrogen and oxygen atoms in total. The molecule has 1 fully saturated rings. The summed E-state index contributed by atoms with van der Waals surface area (Å²) in [5.41, 5.74) is 1.09. The molecule has 1 atom stereocenters. The molecule has 1 aliphatic rings. The molecule has 2 rings (SSSR count). The molecule has 0 aromatic carbocycles. The number of aromatic nitrogens is 1. The second-order valence-electron chi connectivity index (χ2n) is 5.14. The number of hydrogen-bond donors (Lipinski definition) is 1. The van der Waals surface area contributed by atoms with Gasteiger partial charge in [0.15, 0.2) is 0 Å². The highest BCUT2D eigenvalue weighted by Crippen LogP contribution is 2.19. The first kappa shape index (κ1) is 15.0. The number of amides is 1. The summed E-state index contributed by atoms with van der Waals surface area (Å²) in [4.78, 5) is 29.4. The van der Waals surface area contributed by atoms with Crippen LogP contribution < -0.4 is 0 Å². The van der Waals surface area contributed by atoms with E-state index in [0.29, 0.717) is 24.2 Å². The van der Waals surface area contributed by atoms with Crippen LogP contribution in [0, 0.1) is 18.3 Å². The minimum absolute atomic E-state index is 0.194. The fourth-order valence-corrected chi connectivity index (χ4v) is 2.55. The minimum atomic E-state index is -0.976. The highest BCUT2D eigenvalue weighted by atomic mass is 16.4. The quantitative estimate of drug-likeness (QED) is 0.893. The standard InChI is InChI=1S/C15H17N3O3/c1-10-11(9-16)6-7-12(17-10)14(19)18-8-4-2-3-5-13(18)15(20)21/h6-7,13H,2-5,8H2,1H3,(H,20,21). The van der Waals surface area contributed by atoms with Crippen molar-refractivity contribution >= 4 is 11.9 Å². The average Bonchev–Trinajstić information content (AvgIpc) is 2.72. The van der Waals surface area contributed by atoms with Crippen LogP contribution in [0.5, 0.6) is 0 Å². The lowest BCUT2D eigenvalue weighted by atomic mass is 10.1. The SMILES string of the molecule is Cc1nc(C(=O)N2CCCCCC2C(=O)O)ccc1C#N. The number of aryl methyl sites for hydroxylation is 1. The molecule has 0 saturated carbocycles. The highest BCUT2D eigenvalue weighted by Gasteiger charge is 2.31. The fraction of sp³-hybridized carbons (Fsp3) is 0.467. The third-order valence-electron chi connectivity index (χ3n) is 3.72. The van der Waals surface area contributed by atoms with E-state index < -0.39 is 12.0 Å². The monoisotopic (exact) mass is 287 g/mol. The number of carbonyl (C=O) groups is 2. The molecule has 1 aliphatic heterocycles. The molecule has 1 N–H and O–H groups in total. The van der Waals surface area contributed by atoms with E-state index in [9.17, 15) is 14.7 Å². The van der Waals surface area contributed by atoms with Gasteiger partial charge in [-0.05, 0) is 31.9 Å². The zero-order valence-electron chi connectivity index (χ0n) is 11.9. The van der Waals surface area contributed by atoms with Crippen LogP contribution >= 0.6 is 0 Å². The van der Waals surface area contributed by atoms with Crippen LogP contribution in [0.15, 0.2) is 12.1 Å². The predicted molar refractivity (Wildman–Crippen MR) is 74.6 cm³/mol. The van der Waals surface area contributed by atoms with E-state index in [1.165, 1.54) is 11.0 Å². The number of pyridine rings is 1. The number of nitriles is 1. The topological polar surface area (TPSA) is 94.3 Å². The number of carboxylic acid groups (broad SMARTS) is 1. The number of hydrogen-bond acceptors (Lipinski definition) is 4. The van der Waals surface area contributed by atoms with Crippen LogP contribution in [-0.2, 0) is 4.79 Å². The maximum atomic E-state index is 12.5. The maximum Gasteiger partial charge on any atom is 0.326 e. The summed E-state index contributed by atoms with van der Waals surface area (Å²) in [6, 6.07) is 4.23. The third kappa shape index (κ3) is 3.19. The van der Waals surface area contributed by atoms with Gasteiger partial charge in [-0.2, -0.15) is 5.26 Å². The van der Waals surface area contributed by atoms with Gasteiger partial charge in [0.25, 0.3) is 5.91 Å². The molecule has 1 unspecified atom stereocenters. The van der Waals surface area contributed by atoms with E-state index in [1.807, 2.05) is 6.07 Å². The van der Waals surface area contributed by atoms with Crippen LogP contribution in [0.25, 0.3) is 0 Å². The van der Waals surface area contributed by atoms with Crippen LogP contribution in [-0.4, -0.2) is 39.5 Å². The minimum Gasteiger partial charge on any atom is -0.480 e. The van der Waals surface area contributed by atoms with Gasteiger partial charge in [-0.15, -0.1) is 0 Å². The summed E-state index contributed by atoms with van der Waals surface area (Å²) in [5, 5.41) is 18.2. The van der Waals surface area contributed by atoms with Gasteiger partial charge in [-0.1, -0.05) is 12.8 Å². The van der Waals surface area contributed by atoms with Crippen molar-refractivity contribution in [2.45, 2.75) is 38.6 Å². The summed E-state index contributed by atoms with van der Waals surface area (Å²) in [5.74, 6) is -1.35. The summed E-state index contributed by atoms with van der Waals surface area (Å²) >= 11 is 0. The number of aliphatic carboxylic acids is 1. The molecular weight excluding hydrogens is 270 g/mol. The molecule has 2 heterocycles. The lowest BCUT2D eigenvalue weighted by molar-refractivity contribution is -0.142. The number of nitrogens with zero attached hydrogens (tertiary/aromatic N) is 3. The molecule has 1 amide bonds. The van der Waals surface area contributed by atoms with Gasteiger partial charge in [-0.25, -0.2) is 9.78 Å². The van der Waals surface area contributed by atoms with Gasteiger partial charge in [0.05, 0.1) is 11.3 Å². The average molecular weight is 287 g/mol. The maximum absolute atomic E-state index is 12.5. The molecule has 0 aliphatic carbocycles. The van der Waals surface area contributed by atoms with E-state index in [-0.39, 0.29) is 11.6 Å². The van der Waals surface area contributed by atoms with E-state index in [2.05, 4.69) is 4.98 Å². The highest BCUT2D eigenvalue weighted by molar-refractivity contribution is 5.95. The number of carbonyl (C=O) groups excluding carboxylic acids is 1. The van der Waals surface area contributed by atoms with E-state index in [4.69, 9.17) is 5.26 Å². The smallest absolute Gasteiger partial charge is 0.326 e. The number of carboxylic acids is 1. The lowest BCUT2D eigenvalue weighted by Crippen LogP contribution is -2.45. The Hall–Kier alpha value is -2.42. The molecule has 0 bridgehead atoms. The van der Waals surface area contributed by atoms with Crippen molar-refractivity contribution in [3.05, 3.63) is 29.1 Å². The predicted octanol–water partition coefficient (Wildman–Crippen LogP) is 1.73. The molecule has 1 aromatic rings. The molecular formula is C15H17N3O3. The zero-order valence-corrected chi connectivity index (χ0v) is 11.9. The molecule has 1 saturated heterocycles. The van der Waals surface area contributed by atoms with Gasteiger partial charge in [0, 0.05) is 6.54 Å². The first-order chi connectivity index (χ1) is 10.0. The van der Waals surface area contributed by atoms with Gasteiger partial charge in [0.2, 0.25) is 0 Å². The normalized spacial score (nSPS) is 18.7. The second-order valence-corrected chi connectivity index (χ2v) is 5.14. The Morgan fingerprint density at radius 2 is 2.14 bits per heavy atom. The van der Waals surface area contributed by atoms with Crippen LogP contribution in [0.4, 0.5) is 0 Å². The summed E-state index contributed by atoms with van der Waals surface area (Å²) in [6.07, 6.45) is 3.00. The Balaban J connectivity index is 2.30. The number of rotatable bonds is 2. The van der Waals surface area contributed by atoms with Crippen molar-refractivity contribution in [2.24, 2.45) is 0 Å².